The number of phenolic OH excluding ortho intramolecular Hbond substituents is 1. The van der Waals surface area contributed by atoms with Gasteiger partial charge < -0.3 is 14.9 Å². The third-order valence-electron chi connectivity index (χ3n) is 6.35. The Kier molecular flexibility index (Phi) is 7.82. The number of aliphatic hydroxyl groups is 1. The molecule has 3 heteroatoms. The molecule has 2 N–H and O–H groups in total. The normalized spacial score (nSPS) is 23.0. The summed E-state index contributed by atoms with van der Waals surface area (Å²) in [5.74, 6) is 2.38. The van der Waals surface area contributed by atoms with Crippen LogP contribution in [0.5, 0.6) is 5.75 Å². The SMILES string of the molecule is CC(CO)Cc1cccc([C@H]2CCCC2/C=C/CC(C)(C)OC2=CCCC=C2)c1O. The van der Waals surface area contributed by atoms with Crippen LogP contribution in [0.25, 0.3) is 0 Å². The minimum Gasteiger partial charge on any atom is -0.507 e. The van der Waals surface area contributed by atoms with Gasteiger partial charge in [0.1, 0.15) is 17.1 Å². The number of aromatic hydroxyl groups is 1. The highest BCUT2D eigenvalue weighted by Crippen LogP contribution is 2.44. The van der Waals surface area contributed by atoms with Crippen molar-refractivity contribution in [1.29, 1.82) is 0 Å². The first-order valence-electron chi connectivity index (χ1n) is 11.5. The topological polar surface area (TPSA) is 49.7 Å². The lowest BCUT2D eigenvalue weighted by atomic mass is 9.85. The number of allylic oxidation sites excluding steroid dienone is 4. The number of rotatable bonds is 9. The van der Waals surface area contributed by atoms with Gasteiger partial charge in [0.25, 0.3) is 0 Å². The second-order valence-electron chi connectivity index (χ2n) is 9.63. The summed E-state index contributed by atoms with van der Waals surface area (Å²) in [7, 11) is 0. The maximum atomic E-state index is 10.9. The van der Waals surface area contributed by atoms with Crippen LogP contribution < -0.4 is 0 Å². The average Bonchev–Trinajstić information content (AvgIpc) is 3.18. The monoisotopic (exact) mass is 410 g/mol. The lowest BCUT2D eigenvalue weighted by molar-refractivity contribution is 0.0438. The Bertz CT molecular complexity index is 787. The quantitative estimate of drug-likeness (QED) is 0.462. The standard InChI is InChI=1S/C27H38O3/c1-20(19-28)18-22-11-8-16-25(26(22)29)24-15-7-10-21(24)12-9-17-27(2,3)30-23-13-5-4-6-14-23/h5,8-9,11-14,16,20-21,24,28-29H,4,6-7,10,15,17-19H2,1-3H3/b12-9+/t20?,21?,24-/m0/s1. The first-order valence-corrected chi connectivity index (χ1v) is 11.5. The minimum absolute atomic E-state index is 0.142. The van der Waals surface area contributed by atoms with Crippen molar-refractivity contribution >= 4 is 0 Å². The molecule has 2 aliphatic rings. The molecule has 0 amide bonds. The van der Waals surface area contributed by atoms with E-state index >= 15 is 0 Å². The van der Waals surface area contributed by atoms with E-state index < -0.39 is 0 Å². The minimum atomic E-state index is -0.236. The van der Waals surface area contributed by atoms with E-state index in [1.807, 2.05) is 13.0 Å². The van der Waals surface area contributed by atoms with Gasteiger partial charge in [0.2, 0.25) is 0 Å². The van der Waals surface area contributed by atoms with Gasteiger partial charge in [-0.2, -0.15) is 0 Å². The van der Waals surface area contributed by atoms with E-state index in [1.165, 1.54) is 6.42 Å². The van der Waals surface area contributed by atoms with E-state index in [9.17, 15) is 10.2 Å². The van der Waals surface area contributed by atoms with Crippen LogP contribution in [0, 0.1) is 11.8 Å². The predicted octanol–water partition coefficient (Wildman–Crippen LogP) is 6.42. The molecule has 3 atom stereocenters. The first kappa shape index (κ1) is 22.7. The highest BCUT2D eigenvalue weighted by atomic mass is 16.5. The van der Waals surface area contributed by atoms with Crippen molar-refractivity contribution in [2.24, 2.45) is 11.8 Å². The molecule has 1 saturated carbocycles. The zero-order chi connectivity index (χ0) is 21.6. The second-order valence-corrected chi connectivity index (χ2v) is 9.63. The Morgan fingerprint density at radius 3 is 2.80 bits per heavy atom. The number of aliphatic hydroxyl groups excluding tert-OH is 1. The van der Waals surface area contributed by atoms with Crippen molar-refractivity contribution in [2.45, 2.75) is 77.2 Å². The zero-order valence-corrected chi connectivity index (χ0v) is 18.8. The fourth-order valence-electron chi connectivity index (χ4n) is 4.67. The second kappa shape index (κ2) is 10.3. The van der Waals surface area contributed by atoms with Crippen LogP contribution >= 0.6 is 0 Å². The lowest BCUT2D eigenvalue weighted by Crippen LogP contribution is -2.23. The van der Waals surface area contributed by atoms with Crippen molar-refractivity contribution in [3.63, 3.8) is 0 Å². The summed E-state index contributed by atoms with van der Waals surface area (Å²) < 4.78 is 6.20. The summed E-state index contributed by atoms with van der Waals surface area (Å²) in [6.07, 6.45) is 18.2. The van der Waals surface area contributed by atoms with Gasteiger partial charge in [0.15, 0.2) is 0 Å². The summed E-state index contributed by atoms with van der Waals surface area (Å²) in [6.45, 7) is 6.44. The maximum Gasteiger partial charge on any atom is 0.122 e. The molecule has 1 aromatic rings. The molecule has 0 radical (unpaired) electrons. The van der Waals surface area contributed by atoms with Crippen molar-refractivity contribution in [1.82, 2.24) is 0 Å². The molecule has 2 aliphatic carbocycles. The number of ether oxygens (including phenoxy) is 1. The van der Waals surface area contributed by atoms with Crippen molar-refractivity contribution in [2.75, 3.05) is 6.61 Å². The lowest BCUT2D eigenvalue weighted by Gasteiger charge is -2.27. The van der Waals surface area contributed by atoms with Crippen LogP contribution in [0.2, 0.25) is 0 Å². The number of benzene rings is 1. The molecule has 0 heterocycles. The summed E-state index contributed by atoms with van der Waals surface area (Å²) in [5.41, 5.74) is 1.78. The van der Waals surface area contributed by atoms with Gasteiger partial charge in [0, 0.05) is 13.0 Å². The van der Waals surface area contributed by atoms with Crippen LogP contribution in [0.3, 0.4) is 0 Å². The molecule has 1 aromatic carbocycles. The molecular formula is C27H38O3. The van der Waals surface area contributed by atoms with Crippen LogP contribution in [0.15, 0.2) is 54.3 Å². The van der Waals surface area contributed by atoms with Gasteiger partial charge in [-0.15, -0.1) is 0 Å². The molecule has 0 bridgehead atoms. The van der Waals surface area contributed by atoms with Crippen LogP contribution in [0.4, 0.5) is 0 Å². The van der Waals surface area contributed by atoms with Gasteiger partial charge >= 0.3 is 0 Å². The molecule has 0 saturated heterocycles. The first-order chi connectivity index (χ1) is 14.4. The third kappa shape index (κ3) is 6.01. The Morgan fingerprint density at radius 1 is 1.23 bits per heavy atom. The Morgan fingerprint density at radius 2 is 2.07 bits per heavy atom. The van der Waals surface area contributed by atoms with E-state index in [0.29, 0.717) is 24.0 Å². The van der Waals surface area contributed by atoms with E-state index in [1.54, 1.807) is 0 Å². The van der Waals surface area contributed by atoms with E-state index in [-0.39, 0.29) is 18.1 Å². The van der Waals surface area contributed by atoms with E-state index in [4.69, 9.17) is 4.74 Å². The number of phenols is 1. The predicted molar refractivity (Wildman–Crippen MR) is 124 cm³/mol. The fraction of sp³-hybridized carbons (Fsp3) is 0.556. The average molecular weight is 411 g/mol. The van der Waals surface area contributed by atoms with Crippen LogP contribution in [-0.4, -0.2) is 22.4 Å². The van der Waals surface area contributed by atoms with Gasteiger partial charge in [-0.1, -0.05) is 49.8 Å². The molecule has 1 fully saturated rings. The smallest absolute Gasteiger partial charge is 0.122 e. The van der Waals surface area contributed by atoms with E-state index in [2.05, 4.69) is 56.4 Å². The highest BCUT2D eigenvalue weighted by Gasteiger charge is 2.29. The summed E-state index contributed by atoms with van der Waals surface area (Å²) in [6, 6.07) is 6.11. The summed E-state index contributed by atoms with van der Waals surface area (Å²) >= 11 is 0. The van der Waals surface area contributed by atoms with Crippen LogP contribution in [-0.2, 0) is 11.2 Å². The summed E-state index contributed by atoms with van der Waals surface area (Å²) in [5, 5.41) is 20.3. The number of hydrogen-bond acceptors (Lipinski definition) is 3. The summed E-state index contributed by atoms with van der Waals surface area (Å²) in [4.78, 5) is 0. The molecule has 0 spiro atoms. The largest absolute Gasteiger partial charge is 0.507 e. The maximum absolute atomic E-state index is 10.9. The van der Waals surface area contributed by atoms with Crippen molar-refractivity contribution < 1.29 is 14.9 Å². The molecule has 2 unspecified atom stereocenters. The molecule has 164 valence electrons. The third-order valence-corrected chi connectivity index (χ3v) is 6.35. The van der Waals surface area contributed by atoms with Gasteiger partial charge in [-0.25, -0.2) is 0 Å². The van der Waals surface area contributed by atoms with Gasteiger partial charge in [-0.3, -0.25) is 0 Å². The molecule has 0 aliphatic heterocycles. The molecule has 30 heavy (non-hydrogen) atoms. The van der Waals surface area contributed by atoms with Crippen molar-refractivity contribution in [3.05, 3.63) is 65.5 Å². The molecule has 3 nitrogen and oxygen atoms in total. The van der Waals surface area contributed by atoms with Crippen LogP contribution in [0.1, 0.15) is 76.3 Å². The molecule has 0 aromatic heterocycles. The Labute approximate surface area is 182 Å². The molecule has 3 rings (SSSR count). The van der Waals surface area contributed by atoms with Gasteiger partial charge in [-0.05, 0) is 87.0 Å². The Balaban J connectivity index is 1.65. The number of para-hydroxylation sites is 1. The van der Waals surface area contributed by atoms with E-state index in [0.717, 1.165) is 49.0 Å². The van der Waals surface area contributed by atoms with Crippen molar-refractivity contribution in [3.8, 4) is 5.75 Å². The van der Waals surface area contributed by atoms with Gasteiger partial charge in [0.05, 0.1) is 0 Å². The molecular weight excluding hydrogens is 372 g/mol. The fourth-order valence-corrected chi connectivity index (χ4v) is 4.67. The number of hydrogen-bond donors (Lipinski definition) is 2. The Hall–Kier alpha value is -2.00. The highest BCUT2D eigenvalue weighted by molar-refractivity contribution is 5.43. The zero-order valence-electron chi connectivity index (χ0n) is 18.8.